The summed E-state index contributed by atoms with van der Waals surface area (Å²) in [5, 5.41) is 9.84. The minimum Gasteiger partial charge on any atom is -0.337 e. The van der Waals surface area contributed by atoms with E-state index < -0.39 is 17.5 Å². The average molecular weight is 507 g/mol. The quantitative estimate of drug-likeness (QED) is 0.275. The maximum absolute atomic E-state index is 13.4. The molecule has 10 heteroatoms. The standard InChI is InChI=1S/C23H23N2OPS.ClHO4/c1-17-24-22(26)21(23(28)25-17)27(18-11-5-2-6-12-18,19-13-7-3-8-14-19)20-15-9-4-10-16-20;2-1(3,4)5/h2-17,21,23,25H,1H3,(H-,24,26,28);(H,2,3,4,5). The van der Waals surface area contributed by atoms with E-state index in [0.717, 1.165) is 0 Å². The van der Waals surface area contributed by atoms with Gasteiger partial charge >= 0.3 is 0 Å². The summed E-state index contributed by atoms with van der Waals surface area (Å²) in [7, 11) is -7.26. The van der Waals surface area contributed by atoms with Crippen LogP contribution in [0.5, 0.6) is 0 Å². The first-order valence-corrected chi connectivity index (χ1v) is 13.7. The molecule has 0 aromatic heterocycles. The zero-order chi connectivity index (χ0) is 24.1. The number of hydrogen-bond donors (Lipinski definition) is 3. The molecule has 0 aliphatic carbocycles. The molecular weight excluding hydrogens is 483 g/mol. The molecule has 0 spiro atoms. The Morgan fingerprint density at radius 3 is 1.39 bits per heavy atom. The topological polar surface area (TPSA) is 133 Å². The van der Waals surface area contributed by atoms with Crippen LogP contribution in [-0.4, -0.2) is 23.1 Å². The Hall–Kier alpha value is -2.00. The predicted molar refractivity (Wildman–Crippen MR) is 122 cm³/mol. The zero-order valence-electron chi connectivity index (χ0n) is 17.7. The smallest absolute Gasteiger partial charge is 0.265 e. The van der Waals surface area contributed by atoms with Gasteiger partial charge in [0, 0.05) is 0 Å². The molecule has 1 amide bonds. The van der Waals surface area contributed by atoms with Crippen LogP contribution in [0.3, 0.4) is 0 Å². The number of carbonyl (C=O) groups excluding carboxylic acids is 1. The largest absolute Gasteiger partial charge is 0.337 e. The molecule has 3 atom stereocenters. The van der Waals surface area contributed by atoms with Crippen LogP contribution in [0.25, 0.3) is 0 Å². The zero-order valence-corrected chi connectivity index (χ0v) is 20.3. The second-order valence-corrected chi connectivity index (χ2v) is 12.3. The van der Waals surface area contributed by atoms with Gasteiger partial charge in [-0.15, -0.1) is 10.2 Å². The van der Waals surface area contributed by atoms with Gasteiger partial charge in [-0.3, -0.25) is 10.1 Å². The fourth-order valence-corrected chi connectivity index (χ4v) is 9.82. The first-order chi connectivity index (χ1) is 15.6. The minimum absolute atomic E-state index is 0.0520. The summed E-state index contributed by atoms with van der Waals surface area (Å²) in [6.45, 7) is 1.95. The Morgan fingerprint density at radius 1 is 0.758 bits per heavy atom. The van der Waals surface area contributed by atoms with E-state index in [0.29, 0.717) is 0 Å². The van der Waals surface area contributed by atoms with Gasteiger partial charge in [-0.1, -0.05) is 54.6 Å². The number of thiol groups is 1. The van der Waals surface area contributed by atoms with Crippen molar-refractivity contribution in [3.8, 4) is 0 Å². The SMILES string of the molecule is CC1NC(=O)C([P+](c2ccccc2)(c2ccccc2)c2ccccc2)C(S)N1.[O-][Cl+3]([O-])([O-])[O-]. The molecule has 1 saturated heterocycles. The van der Waals surface area contributed by atoms with Crippen LogP contribution in [-0.2, 0) is 4.79 Å². The Labute approximate surface area is 201 Å². The number of hydrogen-bond acceptors (Lipinski definition) is 7. The molecule has 4 rings (SSSR count). The van der Waals surface area contributed by atoms with E-state index in [9.17, 15) is 4.79 Å². The molecule has 1 fully saturated rings. The summed E-state index contributed by atoms with van der Waals surface area (Å²) in [4.78, 5) is 13.4. The van der Waals surface area contributed by atoms with E-state index >= 15 is 0 Å². The lowest BCUT2D eigenvalue weighted by Gasteiger charge is -2.40. The van der Waals surface area contributed by atoms with Crippen molar-refractivity contribution in [2.24, 2.45) is 0 Å². The van der Waals surface area contributed by atoms with Crippen LogP contribution in [0.2, 0.25) is 0 Å². The molecule has 7 nitrogen and oxygen atoms in total. The van der Waals surface area contributed by atoms with E-state index in [1.807, 2.05) is 25.1 Å². The lowest BCUT2D eigenvalue weighted by molar-refractivity contribution is -2.00. The summed E-state index contributed by atoms with van der Waals surface area (Å²) >= 11 is 4.87. The normalized spacial score (nSPS) is 20.9. The Morgan fingerprint density at radius 2 is 1.09 bits per heavy atom. The van der Waals surface area contributed by atoms with Gasteiger partial charge in [0.15, 0.2) is 5.66 Å². The number of amides is 1. The maximum atomic E-state index is 13.4. The fourth-order valence-electron chi connectivity index (χ4n) is 4.14. The molecule has 33 heavy (non-hydrogen) atoms. The van der Waals surface area contributed by atoms with Crippen molar-refractivity contribution in [3.05, 3.63) is 91.0 Å². The molecule has 0 bridgehead atoms. The molecule has 1 aliphatic heterocycles. The third-order valence-corrected chi connectivity index (χ3v) is 10.6. The van der Waals surface area contributed by atoms with Gasteiger partial charge in [0.05, 0.1) is 11.5 Å². The van der Waals surface area contributed by atoms with E-state index in [1.165, 1.54) is 15.9 Å². The molecule has 3 aromatic carbocycles. The average Bonchev–Trinajstić information content (AvgIpc) is 2.77. The second-order valence-electron chi connectivity index (χ2n) is 7.39. The molecule has 1 aliphatic rings. The maximum Gasteiger partial charge on any atom is 0.265 e. The molecule has 1 heterocycles. The fraction of sp³-hybridized carbons (Fsp3) is 0.174. The van der Waals surface area contributed by atoms with Gasteiger partial charge in [0.1, 0.15) is 23.2 Å². The summed E-state index contributed by atoms with van der Waals surface area (Å²) in [5.74, 6) is 0.0520. The highest BCUT2D eigenvalue weighted by Crippen LogP contribution is 2.61. The van der Waals surface area contributed by atoms with E-state index in [2.05, 4.69) is 83.4 Å². The summed E-state index contributed by atoms with van der Waals surface area (Å²) in [6, 6.07) is 31.3. The molecule has 0 radical (unpaired) electrons. The molecule has 174 valence electrons. The lowest BCUT2D eigenvalue weighted by atomic mass is 10.3. The van der Waals surface area contributed by atoms with Crippen LogP contribution < -0.4 is 45.2 Å². The van der Waals surface area contributed by atoms with Crippen LogP contribution in [0.1, 0.15) is 6.92 Å². The number of nitrogens with one attached hydrogen (secondary N) is 2. The minimum atomic E-state index is -4.94. The van der Waals surface area contributed by atoms with Crippen molar-refractivity contribution in [1.82, 2.24) is 10.6 Å². The van der Waals surface area contributed by atoms with Crippen molar-refractivity contribution in [2.75, 3.05) is 0 Å². The van der Waals surface area contributed by atoms with Crippen LogP contribution in [0.15, 0.2) is 91.0 Å². The lowest BCUT2D eigenvalue weighted by Crippen LogP contribution is -2.68. The van der Waals surface area contributed by atoms with Gasteiger partial charge in [-0.2, -0.15) is 12.6 Å². The van der Waals surface area contributed by atoms with Crippen molar-refractivity contribution in [1.29, 1.82) is 0 Å². The van der Waals surface area contributed by atoms with Gasteiger partial charge in [-0.05, 0) is 43.3 Å². The molecular formula is C23H24ClN2O5PS. The summed E-state index contributed by atoms with van der Waals surface area (Å²) < 4.78 is 34.0. The van der Waals surface area contributed by atoms with E-state index in [1.54, 1.807) is 0 Å². The number of carbonyl (C=O) groups is 1. The summed E-state index contributed by atoms with van der Waals surface area (Å²) in [5.41, 5.74) is -0.320. The monoisotopic (exact) mass is 506 g/mol. The number of rotatable bonds is 4. The first kappa shape index (κ1) is 25.6. The molecule has 3 unspecified atom stereocenters. The number of benzene rings is 3. The van der Waals surface area contributed by atoms with E-state index in [-0.39, 0.29) is 23.1 Å². The van der Waals surface area contributed by atoms with Gasteiger partial charge in [0.25, 0.3) is 5.91 Å². The van der Waals surface area contributed by atoms with Crippen LogP contribution >= 0.6 is 19.9 Å². The molecule has 2 N–H and O–H groups in total. The Bertz CT molecular complexity index is 938. The van der Waals surface area contributed by atoms with Gasteiger partial charge in [-0.25, -0.2) is 18.6 Å². The number of halogens is 1. The second kappa shape index (κ2) is 11.0. The highest BCUT2D eigenvalue weighted by molar-refractivity contribution is 7.97. The van der Waals surface area contributed by atoms with Crippen molar-refractivity contribution < 1.29 is 33.7 Å². The molecule has 3 aromatic rings. The van der Waals surface area contributed by atoms with Crippen molar-refractivity contribution in [3.63, 3.8) is 0 Å². The summed E-state index contributed by atoms with van der Waals surface area (Å²) in [6.07, 6.45) is -0.101. The van der Waals surface area contributed by atoms with Crippen LogP contribution in [0, 0.1) is 10.2 Å². The van der Waals surface area contributed by atoms with E-state index in [4.69, 9.17) is 31.3 Å². The predicted octanol–water partition coefficient (Wildman–Crippen LogP) is -2.09. The van der Waals surface area contributed by atoms with Crippen LogP contribution in [0.4, 0.5) is 0 Å². The Balaban J connectivity index is 0.000000555. The van der Waals surface area contributed by atoms with Gasteiger partial charge < -0.3 is 5.32 Å². The first-order valence-electron chi connectivity index (χ1n) is 10.1. The Kier molecular flexibility index (Phi) is 8.50. The third kappa shape index (κ3) is 6.12. The van der Waals surface area contributed by atoms with Gasteiger partial charge in [0.2, 0.25) is 0 Å². The highest BCUT2D eigenvalue weighted by Gasteiger charge is 2.59. The third-order valence-electron chi connectivity index (χ3n) is 5.25. The van der Waals surface area contributed by atoms with Crippen molar-refractivity contribution >= 4 is 41.7 Å². The highest BCUT2D eigenvalue weighted by atomic mass is 35.7. The molecule has 0 saturated carbocycles. The van der Waals surface area contributed by atoms with Crippen molar-refractivity contribution in [2.45, 2.75) is 24.1 Å².